The van der Waals surface area contributed by atoms with Gasteiger partial charge < -0.3 is 10.6 Å². The maximum Gasteiger partial charge on any atom is 0.273 e. The van der Waals surface area contributed by atoms with Gasteiger partial charge in [0.15, 0.2) is 5.69 Å². The zero-order valence-electron chi connectivity index (χ0n) is 13.3. The summed E-state index contributed by atoms with van der Waals surface area (Å²) in [5.74, 6) is -0.290. The van der Waals surface area contributed by atoms with Crippen LogP contribution in [0.4, 0.5) is 4.39 Å². The molecule has 0 unspecified atom stereocenters. The van der Waals surface area contributed by atoms with Crippen molar-refractivity contribution >= 4 is 5.91 Å². The molecule has 1 aromatic carbocycles. The summed E-state index contributed by atoms with van der Waals surface area (Å²) in [6.07, 6.45) is 4.81. The molecule has 1 aliphatic carbocycles. The third-order valence-electron chi connectivity index (χ3n) is 4.76. The number of nitrogens with one attached hydrogen (secondary N) is 2. The second-order valence-corrected chi connectivity index (χ2v) is 6.55. The van der Waals surface area contributed by atoms with Crippen molar-refractivity contribution in [1.29, 1.82) is 0 Å². The number of amides is 1. The van der Waals surface area contributed by atoms with Gasteiger partial charge in [0.1, 0.15) is 5.82 Å². The van der Waals surface area contributed by atoms with Crippen LogP contribution in [-0.4, -0.2) is 40.0 Å². The van der Waals surface area contributed by atoms with Crippen molar-refractivity contribution in [2.75, 3.05) is 13.1 Å². The van der Waals surface area contributed by atoms with E-state index in [4.69, 9.17) is 0 Å². The molecular formula is C17H20FN5O. The molecule has 1 aliphatic heterocycles. The van der Waals surface area contributed by atoms with E-state index >= 15 is 0 Å². The van der Waals surface area contributed by atoms with Gasteiger partial charge in [0, 0.05) is 18.5 Å². The van der Waals surface area contributed by atoms with Gasteiger partial charge in [0.05, 0.1) is 12.2 Å². The topological polar surface area (TPSA) is 71.8 Å². The van der Waals surface area contributed by atoms with Crippen LogP contribution in [-0.2, 0) is 0 Å². The molecule has 1 saturated carbocycles. The molecule has 7 heteroatoms. The molecule has 2 aliphatic rings. The third-order valence-corrected chi connectivity index (χ3v) is 4.76. The predicted octanol–water partition coefficient (Wildman–Crippen LogP) is 1.63. The summed E-state index contributed by atoms with van der Waals surface area (Å²) in [5.41, 5.74) is 1.40. The fourth-order valence-corrected chi connectivity index (χ4v) is 3.26. The fraction of sp³-hybridized carbons (Fsp3) is 0.471. The zero-order chi connectivity index (χ0) is 16.5. The minimum absolute atomic E-state index is 0.0530. The predicted molar refractivity (Wildman–Crippen MR) is 86.2 cm³/mol. The maximum atomic E-state index is 13.2. The lowest BCUT2D eigenvalue weighted by Gasteiger charge is -2.33. The number of carbonyl (C=O) groups is 1. The SMILES string of the molecule is O=C(N[C@H]1CNCC[C@H]1c1ccc(F)cc1)c1cn(C2CC2)nn1. The lowest BCUT2D eigenvalue weighted by Crippen LogP contribution is -2.50. The Bertz CT molecular complexity index is 725. The van der Waals surface area contributed by atoms with E-state index < -0.39 is 0 Å². The maximum absolute atomic E-state index is 13.2. The molecule has 2 N–H and O–H groups in total. The van der Waals surface area contributed by atoms with Gasteiger partial charge in [-0.25, -0.2) is 9.07 Å². The number of hydrogen-bond donors (Lipinski definition) is 2. The van der Waals surface area contributed by atoms with Crippen LogP contribution in [0.1, 0.15) is 47.3 Å². The second-order valence-electron chi connectivity index (χ2n) is 6.55. The Labute approximate surface area is 139 Å². The average Bonchev–Trinajstić information content (AvgIpc) is 3.33. The van der Waals surface area contributed by atoms with E-state index in [1.54, 1.807) is 23.0 Å². The van der Waals surface area contributed by atoms with E-state index in [2.05, 4.69) is 20.9 Å². The number of benzene rings is 1. The summed E-state index contributed by atoms with van der Waals surface area (Å²) >= 11 is 0. The molecule has 0 bridgehead atoms. The first kappa shape index (κ1) is 15.3. The molecular weight excluding hydrogens is 309 g/mol. The van der Waals surface area contributed by atoms with Crippen LogP contribution in [0.25, 0.3) is 0 Å². The first-order chi connectivity index (χ1) is 11.7. The van der Waals surface area contributed by atoms with Gasteiger partial charge in [-0.2, -0.15) is 0 Å². The molecule has 24 heavy (non-hydrogen) atoms. The Hall–Kier alpha value is -2.28. The molecule has 126 valence electrons. The molecule has 1 aromatic heterocycles. The lowest BCUT2D eigenvalue weighted by atomic mass is 9.86. The van der Waals surface area contributed by atoms with Gasteiger partial charge in [0.2, 0.25) is 0 Å². The van der Waals surface area contributed by atoms with Gasteiger partial charge in [-0.15, -0.1) is 5.10 Å². The number of rotatable bonds is 4. The largest absolute Gasteiger partial charge is 0.346 e. The first-order valence-electron chi connectivity index (χ1n) is 8.39. The van der Waals surface area contributed by atoms with E-state index in [0.717, 1.165) is 31.4 Å². The summed E-state index contributed by atoms with van der Waals surface area (Å²) in [7, 11) is 0. The molecule has 2 atom stereocenters. The van der Waals surface area contributed by atoms with E-state index in [1.807, 2.05) is 0 Å². The fourth-order valence-electron chi connectivity index (χ4n) is 3.26. The number of nitrogens with zero attached hydrogens (tertiary/aromatic N) is 3. The second kappa shape index (κ2) is 6.32. The first-order valence-corrected chi connectivity index (χ1v) is 8.39. The smallest absolute Gasteiger partial charge is 0.273 e. The van der Waals surface area contributed by atoms with Crippen molar-refractivity contribution in [3.63, 3.8) is 0 Å². The number of piperidine rings is 1. The van der Waals surface area contributed by atoms with Crippen molar-refractivity contribution in [2.45, 2.75) is 37.3 Å². The Morgan fingerprint density at radius 2 is 2.04 bits per heavy atom. The van der Waals surface area contributed by atoms with E-state index in [0.29, 0.717) is 18.3 Å². The van der Waals surface area contributed by atoms with Crippen LogP contribution in [0.3, 0.4) is 0 Å². The highest BCUT2D eigenvalue weighted by Crippen LogP contribution is 2.33. The van der Waals surface area contributed by atoms with Gasteiger partial charge in [-0.3, -0.25) is 4.79 Å². The average molecular weight is 329 g/mol. The van der Waals surface area contributed by atoms with Crippen LogP contribution < -0.4 is 10.6 Å². The molecule has 0 radical (unpaired) electrons. The summed E-state index contributed by atoms with van der Waals surface area (Å²) in [6.45, 7) is 1.57. The number of halogens is 1. The van der Waals surface area contributed by atoms with Crippen LogP contribution in [0.5, 0.6) is 0 Å². The Balaban J connectivity index is 1.47. The van der Waals surface area contributed by atoms with Crippen LogP contribution in [0.2, 0.25) is 0 Å². The summed E-state index contributed by atoms with van der Waals surface area (Å²) in [4.78, 5) is 12.5. The van der Waals surface area contributed by atoms with Crippen molar-refractivity contribution < 1.29 is 9.18 Å². The van der Waals surface area contributed by atoms with Crippen molar-refractivity contribution in [2.24, 2.45) is 0 Å². The van der Waals surface area contributed by atoms with Crippen molar-refractivity contribution in [1.82, 2.24) is 25.6 Å². The Morgan fingerprint density at radius 1 is 1.25 bits per heavy atom. The number of hydrogen-bond acceptors (Lipinski definition) is 4. The van der Waals surface area contributed by atoms with E-state index in [1.165, 1.54) is 12.1 Å². The van der Waals surface area contributed by atoms with Gasteiger partial charge in [0.25, 0.3) is 5.91 Å². The third kappa shape index (κ3) is 3.17. The highest BCUT2D eigenvalue weighted by Gasteiger charge is 2.30. The standard InChI is InChI=1S/C17H20FN5O/c18-12-3-1-11(2-4-12)14-7-8-19-9-15(14)20-17(24)16-10-23(22-21-16)13-5-6-13/h1-4,10,13-15,19H,5-9H2,(H,20,24)/t14-,15-/m0/s1. The molecule has 6 nitrogen and oxygen atoms in total. The van der Waals surface area contributed by atoms with Gasteiger partial charge >= 0.3 is 0 Å². The molecule has 2 heterocycles. The van der Waals surface area contributed by atoms with Gasteiger partial charge in [-0.05, 0) is 43.5 Å². The summed E-state index contributed by atoms with van der Waals surface area (Å²) in [6, 6.07) is 6.89. The Kier molecular flexibility index (Phi) is 4.02. The minimum atomic E-state index is -0.245. The molecule has 0 spiro atoms. The minimum Gasteiger partial charge on any atom is -0.346 e. The summed E-state index contributed by atoms with van der Waals surface area (Å²) < 4.78 is 14.9. The zero-order valence-corrected chi connectivity index (χ0v) is 13.3. The van der Waals surface area contributed by atoms with Crippen molar-refractivity contribution in [3.8, 4) is 0 Å². The normalized spacial score (nSPS) is 23.9. The lowest BCUT2D eigenvalue weighted by molar-refractivity contribution is 0.0919. The highest BCUT2D eigenvalue weighted by molar-refractivity contribution is 5.92. The molecule has 2 fully saturated rings. The van der Waals surface area contributed by atoms with Crippen molar-refractivity contribution in [3.05, 3.63) is 47.5 Å². The Morgan fingerprint density at radius 3 is 2.79 bits per heavy atom. The molecule has 2 aromatic rings. The summed E-state index contributed by atoms with van der Waals surface area (Å²) in [5, 5.41) is 14.4. The molecule has 1 saturated heterocycles. The van der Waals surface area contributed by atoms with E-state index in [9.17, 15) is 9.18 Å². The molecule has 4 rings (SSSR count). The highest BCUT2D eigenvalue weighted by atomic mass is 19.1. The number of carbonyl (C=O) groups excluding carboxylic acids is 1. The monoisotopic (exact) mass is 329 g/mol. The van der Waals surface area contributed by atoms with Crippen LogP contribution in [0.15, 0.2) is 30.5 Å². The van der Waals surface area contributed by atoms with Crippen LogP contribution in [0, 0.1) is 5.82 Å². The van der Waals surface area contributed by atoms with E-state index in [-0.39, 0.29) is 23.7 Å². The van der Waals surface area contributed by atoms with Crippen LogP contribution >= 0.6 is 0 Å². The van der Waals surface area contributed by atoms with Gasteiger partial charge in [-0.1, -0.05) is 17.3 Å². The molecule has 1 amide bonds. The quantitative estimate of drug-likeness (QED) is 0.894. The number of aromatic nitrogens is 3.